The van der Waals surface area contributed by atoms with Gasteiger partial charge in [-0.1, -0.05) is 0 Å². The van der Waals surface area contributed by atoms with E-state index >= 15 is 0 Å². The van der Waals surface area contributed by atoms with E-state index in [1.807, 2.05) is 0 Å². The largest absolute Gasteiger partial charge is 0.481 e. The number of esters is 1. The number of carbonyl (C=O) groups excluding carboxylic acids is 1. The number of carbonyl (C=O) groups is 2. The molecule has 1 N–H and O–H groups in total. The molecule has 0 aromatic carbocycles. The molecule has 0 aromatic heterocycles. The Morgan fingerprint density at radius 1 is 1.73 bits per heavy atom. The standard InChI is InChI=1S/C7H10O4/c1-7(6(9)10)3-2-5(8)11-4-7/h2-4H2,1H3,(H,9,10). The van der Waals surface area contributed by atoms with Gasteiger partial charge in [-0.15, -0.1) is 0 Å². The van der Waals surface area contributed by atoms with Crippen molar-refractivity contribution in [2.75, 3.05) is 6.61 Å². The summed E-state index contributed by atoms with van der Waals surface area (Å²) in [7, 11) is 0. The molecule has 4 heteroatoms. The molecule has 0 amide bonds. The minimum absolute atomic E-state index is 0.00116. The molecule has 1 unspecified atom stereocenters. The molecule has 0 spiro atoms. The van der Waals surface area contributed by atoms with Crippen molar-refractivity contribution in [1.29, 1.82) is 0 Å². The van der Waals surface area contributed by atoms with Crippen LogP contribution in [0.1, 0.15) is 19.8 Å². The quantitative estimate of drug-likeness (QED) is 0.561. The van der Waals surface area contributed by atoms with Gasteiger partial charge in [0.05, 0.1) is 5.41 Å². The van der Waals surface area contributed by atoms with E-state index in [0.717, 1.165) is 0 Å². The highest BCUT2D eigenvalue weighted by molar-refractivity contribution is 5.78. The van der Waals surface area contributed by atoms with E-state index in [4.69, 9.17) is 5.11 Å². The van der Waals surface area contributed by atoms with Gasteiger partial charge in [-0.3, -0.25) is 9.59 Å². The molecule has 0 aromatic rings. The summed E-state index contributed by atoms with van der Waals surface area (Å²) in [4.78, 5) is 21.1. The molecule has 4 nitrogen and oxygen atoms in total. The number of carboxylic acids is 1. The molecule has 1 aliphatic heterocycles. The first-order valence-electron chi connectivity index (χ1n) is 3.44. The number of cyclic esters (lactones) is 1. The number of ether oxygens (including phenoxy) is 1. The predicted octanol–water partition coefficient (Wildman–Crippen LogP) is 0.414. The predicted molar refractivity (Wildman–Crippen MR) is 35.9 cm³/mol. The SMILES string of the molecule is CC1(C(=O)O)CCC(=O)OC1. The van der Waals surface area contributed by atoms with Crippen LogP contribution in [0.4, 0.5) is 0 Å². The third kappa shape index (κ3) is 1.50. The molecule has 0 aliphatic carbocycles. The van der Waals surface area contributed by atoms with Crippen LogP contribution in [0.15, 0.2) is 0 Å². The maximum atomic E-state index is 10.6. The first kappa shape index (κ1) is 8.04. The molecule has 0 saturated carbocycles. The monoisotopic (exact) mass is 158 g/mol. The van der Waals surface area contributed by atoms with Crippen LogP contribution in [0.2, 0.25) is 0 Å². The van der Waals surface area contributed by atoms with Crippen LogP contribution < -0.4 is 0 Å². The van der Waals surface area contributed by atoms with Gasteiger partial charge in [0.25, 0.3) is 0 Å². The molecule has 11 heavy (non-hydrogen) atoms. The lowest BCUT2D eigenvalue weighted by Crippen LogP contribution is -2.38. The number of hydrogen-bond donors (Lipinski definition) is 1. The van der Waals surface area contributed by atoms with E-state index in [0.29, 0.717) is 6.42 Å². The Labute approximate surface area is 64.2 Å². The van der Waals surface area contributed by atoms with Crippen molar-refractivity contribution in [3.63, 3.8) is 0 Å². The second-order valence-corrected chi connectivity index (χ2v) is 3.03. The van der Waals surface area contributed by atoms with Gasteiger partial charge in [-0.25, -0.2) is 0 Å². The molecule has 0 bridgehead atoms. The normalized spacial score (nSPS) is 31.2. The summed E-state index contributed by atoms with van der Waals surface area (Å²) in [5.41, 5.74) is -0.867. The molecule has 1 aliphatic rings. The maximum absolute atomic E-state index is 10.6. The first-order chi connectivity index (χ1) is 5.04. The lowest BCUT2D eigenvalue weighted by Gasteiger charge is -2.27. The fourth-order valence-corrected chi connectivity index (χ4v) is 0.931. The van der Waals surface area contributed by atoms with Crippen molar-refractivity contribution in [3.05, 3.63) is 0 Å². The van der Waals surface area contributed by atoms with E-state index in [1.54, 1.807) is 6.92 Å². The highest BCUT2D eigenvalue weighted by Crippen LogP contribution is 2.28. The van der Waals surface area contributed by atoms with Gasteiger partial charge in [0, 0.05) is 6.42 Å². The summed E-state index contributed by atoms with van der Waals surface area (Å²) in [6.07, 6.45) is 0.587. The van der Waals surface area contributed by atoms with E-state index < -0.39 is 11.4 Å². The van der Waals surface area contributed by atoms with Crippen molar-refractivity contribution in [2.24, 2.45) is 5.41 Å². The summed E-state index contributed by atoms with van der Waals surface area (Å²) in [5.74, 6) is -1.20. The molecule has 1 heterocycles. The maximum Gasteiger partial charge on any atom is 0.312 e. The Hall–Kier alpha value is -1.06. The van der Waals surface area contributed by atoms with Crippen LogP contribution in [-0.2, 0) is 14.3 Å². The highest BCUT2D eigenvalue weighted by Gasteiger charge is 2.38. The summed E-state index contributed by atoms with van der Waals surface area (Å²) < 4.78 is 4.64. The molecular formula is C7H10O4. The van der Waals surface area contributed by atoms with Crippen LogP contribution >= 0.6 is 0 Å². The molecule has 1 fully saturated rings. The molecule has 1 atom stereocenters. The highest BCUT2D eigenvalue weighted by atomic mass is 16.5. The minimum Gasteiger partial charge on any atom is -0.481 e. The van der Waals surface area contributed by atoms with Crippen LogP contribution in [0.5, 0.6) is 0 Å². The zero-order chi connectivity index (χ0) is 8.48. The lowest BCUT2D eigenvalue weighted by molar-refractivity contribution is -0.165. The molecule has 0 radical (unpaired) electrons. The Morgan fingerprint density at radius 3 is 2.73 bits per heavy atom. The Morgan fingerprint density at radius 2 is 2.36 bits per heavy atom. The second-order valence-electron chi connectivity index (χ2n) is 3.03. The molecule has 1 saturated heterocycles. The summed E-state index contributed by atoms with van der Waals surface area (Å²) in [6, 6.07) is 0. The third-order valence-electron chi connectivity index (χ3n) is 1.95. The average molecular weight is 158 g/mol. The van der Waals surface area contributed by atoms with Crippen molar-refractivity contribution >= 4 is 11.9 Å². The van der Waals surface area contributed by atoms with Crippen molar-refractivity contribution in [1.82, 2.24) is 0 Å². The smallest absolute Gasteiger partial charge is 0.312 e. The van der Waals surface area contributed by atoms with Gasteiger partial charge in [0.1, 0.15) is 6.61 Å². The Balaban J connectivity index is 2.62. The van der Waals surface area contributed by atoms with Gasteiger partial charge in [-0.2, -0.15) is 0 Å². The van der Waals surface area contributed by atoms with Gasteiger partial charge in [0.15, 0.2) is 0 Å². The average Bonchev–Trinajstić information content (AvgIpc) is 1.95. The van der Waals surface area contributed by atoms with E-state index in [1.165, 1.54) is 0 Å². The van der Waals surface area contributed by atoms with E-state index in [9.17, 15) is 9.59 Å². The van der Waals surface area contributed by atoms with Crippen molar-refractivity contribution in [2.45, 2.75) is 19.8 Å². The second kappa shape index (κ2) is 2.53. The van der Waals surface area contributed by atoms with Crippen molar-refractivity contribution < 1.29 is 19.4 Å². The number of carboxylic acid groups (broad SMARTS) is 1. The fraction of sp³-hybridized carbons (Fsp3) is 0.714. The molecule has 62 valence electrons. The van der Waals surface area contributed by atoms with Crippen LogP contribution in [0, 0.1) is 5.41 Å². The topological polar surface area (TPSA) is 63.6 Å². The van der Waals surface area contributed by atoms with Crippen LogP contribution in [-0.4, -0.2) is 23.7 Å². The molecule has 1 rings (SSSR count). The van der Waals surface area contributed by atoms with E-state index in [-0.39, 0.29) is 19.0 Å². The summed E-state index contributed by atoms with van der Waals surface area (Å²) >= 11 is 0. The summed E-state index contributed by atoms with van der Waals surface area (Å²) in [6.45, 7) is 1.59. The number of aliphatic carboxylic acids is 1. The van der Waals surface area contributed by atoms with Gasteiger partial charge < -0.3 is 9.84 Å². The number of rotatable bonds is 1. The minimum atomic E-state index is -0.898. The zero-order valence-electron chi connectivity index (χ0n) is 6.29. The van der Waals surface area contributed by atoms with Crippen molar-refractivity contribution in [3.8, 4) is 0 Å². The first-order valence-corrected chi connectivity index (χ1v) is 3.44. The number of hydrogen-bond acceptors (Lipinski definition) is 3. The Bertz CT molecular complexity index is 187. The van der Waals surface area contributed by atoms with Gasteiger partial charge >= 0.3 is 11.9 Å². The molecular weight excluding hydrogens is 148 g/mol. The van der Waals surface area contributed by atoms with Gasteiger partial charge in [0.2, 0.25) is 0 Å². The lowest BCUT2D eigenvalue weighted by atomic mass is 9.85. The third-order valence-corrected chi connectivity index (χ3v) is 1.95. The summed E-state index contributed by atoms with van der Waals surface area (Å²) in [5, 5.41) is 8.69. The van der Waals surface area contributed by atoms with Crippen LogP contribution in [0.25, 0.3) is 0 Å². The van der Waals surface area contributed by atoms with Crippen LogP contribution in [0.3, 0.4) is 0 Å². The zero-order valence-corrected chi connectivity index (χ0v) is 6.29. The Kier molecular flexibility index (Phi) is 1.85. The fourth-order valence-electron chi connectivity index (χ4n) is 0.931. The van der Waals surface area contributed by atoms with Gasteiger partial charge in [-0.05, 0) is 13.3 Å². The van der Waals surface area contributed by atoms with E-state index in [2.05, 4.69) is 4.74 Å².